The molecule has 0 saturated heterocycles. The van der Waals surface area contributed by atoms with Crippen molar-refractivity contribution in [2.45, 2.75) is 6.92 Å². The maximum Gasteiger partial charge on any atom is 0.251 e. The maximum absolute atomic E-state index is 13.4. The van der Waals surface area contributed by atoms with E-state index in [1.807, 2.05) is 0 Å². The Morgan fingerprint density at radius 3 is 2.81 bits per heavy atom. The zero-order valence-corrected chi connectivity index (χ0v) is 10.7. The highest BCUT2D eigenvalue weighted by Crippen LogP contribution is 2.20. The van der Waals surface area contributed by atoms with Crippen LogP contribution in [-0.4, -0.2) is 26.2 Å². The van der Waals surface area contributed by atoms with Gasteiger partial charge in [-0.2, -0.15) is 0 Å². The molecule has 88 valence electrons. The molecule has 5 heteroatoms. The van der Waals surface area contributed by atoms with Gasteiger partial charge in [0.15, 0.2) is 0 Å². The lowest BCUT2D eigenvalue weighted by molar-refractivity contribution is 0.0936. The third kappa shape index (κ3) is 3.28. The molecule has 1 aromatic rings. The molecule has 16 heavy (non-hydrogen) atoms. The van der Waals surface area contributed by atoms with Crippen LogP contribution >= 0.6 is 15.9 Å². The summed E-state index contributed by atoms with van der Waals surface area (Å²) in [5, 5.41) is 2.62. The number of nitrogens with one attached hydrogen (secondary N) is 1. The zero-order chi connectivity index (χ0) is 12.1. The number of hydrogen-bond acceptors (Lipinski definition) is 2. The van der Waals surface area contributed by atoms with Gasteiger partial charge in [0.25, 0.3) is 5.91 Å². The number of rotatable bonds is 4. The van der Waals surface area contributed by atoms with Crippen LogP contribution in [0.25, 0.3) is 0 Å². The Labute approximate surface area is 102 Å². The molecule has 0 aliphatic carbocycles. The summed E-state index contributed by atoms with van der Waals surface area (Å²) < 4.78 is 18.7. The number of carbonyl (C=O) groups is 1. The van der Waals surface area contributed by atoms with Crippen molar-refractivity contribution in [3.8, 4) is 0 Å². The number of hydrogen-bond donors (Lipinski definition) is 1. The highest BCUT2D eigenvalue weighted by atomic mass is 79.9. The molecule has 0 unspecified atom stereocenters. The average molecular weight is 290 g/mol. The van der Waals surface area contributed by atoms with E-state index in [0.29, 0.717) is 28.8 Å². The summed E-state index contributed by atoms with van der Waals surface area (Å²) in [6.45, 7) is 2.48. The van der Waals surface area contributed by atoms with Crippen LogP contribution in [0.15, 0.2) is 16.6 Å². The van der Waals surface area contributed by atoms with E-state index in [0.717, 1.165) is 0 Å². The Morgan fingerprint density at radius 1 is 1.56 bits per heavy atom. The van der Waals surface area contributed by atoms with Gasteiger partial charge < -0.3 is 10.1 Å². The van der Waals surface area contributed by atoms with Crippen molar-refractivity contribution in [2.75, 3.05) is 20.3 Å². The fraction of sp³-hybridized carbons (Fsp3) is 0.364. The smallest absolute Gasteiger partial charge is 0.251 e. The molecule has 1 amide bonds. The van der Waals surface area contributed by atoms with Gasteiger partial charge >= 0.3 is 0 Å². The van der Waals surface area contributed by atoms with Crippen molar-refractivity contribution in [1.82, 2.24) is 5.32 Å². The minimum Gasteiger partial charge on any atom is -0.383 e. The first-order chi connectivity index (χ1) is 7.56. The first-order valence-corrected chi connectivity index (χ1v) is 5.58. The molecule has 0 spiro atoms. The van der Waals surface area contributed by atoms with Crippen LogP contribution in [0.3, 0.4) is 0 Å². The van der Waals surface area contributed by atoms with Gasteiger partial charge in [-0.3, -0.25) is 4.79 Å². The molecular weight excluding hydrogens is 277 g/mol. The Bertz CT molecular complexity index is 373. The van der Waals surface area contributed by atoms with Gasteiger partial charge in [-0.25, -0.2) is 4.39 Å². The Hall–Kier alpha value is -0.940. The second-order valence-corrected chi connectivity index (χ2v) is 4.17. The summed E-state index contributed by atoms with van der Waals surface area (Å²) >= 11 is 3.20. The quantitative estimate of drug-likeness (QED) is 0.864. The van der Waals surface area contributed by atoms with E-state index in [1.54, 1.807) is 20.1 Å². The van der Waals surface area contributed by atoms with Crippen LogP contribution in [0.5, 0.6) is 0 Å². The summed E-state index contributed by atoms with van der Waals surface area (Å²) in [5.41, 5.74) is 0.791. The van der Waals surface area contributed by atoms with Gasteiger partial charge in [0.2, 0.25) is 0 Å². The molecule has 1 rings (SSSR count). The van der Waals surface area contributed by atoms with Crippen molar-refractivity contribution in [3.05, 3.63) is 33.5 Å². The molecular formula is C11H13BrFNO2. The standard InChI is InChI=1S/C11H13BrFNO2/c1-7-9(12)5-8(6-10(7)13)11(15)14-3-4-16-2/h5-6H,3-4H2,1-2H3,(H,14,15). The normalized spacial score (nSPS) is 10.2. The maximum atomic E-state index is 13.4. The Kier molecular flexibility index (Phi) is 4.89. The van der Waals surface area contributed by atoms with Crippen LogP contribution < -0.4 is 5.32 Å². The minimum absolute atomic E-state index is 0.297. The van der Waals surface area contributed by atoms with Crippen molar-refractivity contribution < 1.29 is 13.9 Å². The van der Waals surface area contributed by atoms with E-state index in [2.05, 4.69) is 21.2 Å². The monoisotopic (exact) mass is 289 g/mol. The molecule has 0 radical (unpaired) electrons. The highest BCUT2D eigenvalue weighted by Gasteiger charge is 2.10. The minimum atomic E-state index is -0.397. The predicted octanol–water partition coefficient (Wildman–Crippen LogP) is 2.27. The van der Waals surface area contributed by atoms with Crippen LogP contribution in [-0.2, 0) is 4.74 Å². The first kappa shape index (κ1) is 13.1. The number of carbonyl (C=O) groups excluding carboxylic acids is 1. The Morgan fingerprint density at radius 2 is 2.25 bits per heavy atom. The summed E-state index contributed by atoms with van der Waals surface area (Å²) in [6, 6.07) is 2.82. The van der Waals surface area contributed by atoms with Crippen molar-refractivity contribution in [2.24, 2.45) is 0 Å². The summed E-state index contributed by atoms with van der Waals surface area (Å²) in [5.74, 6) is -0.706. The number of amides is 1. The molecule has 0 bridgehead atoms. The van der Waals surface area contributed by atoms with Gasteiger partial charge in [0.05, 0.1) is 6.61 Å². The molecule has 0 fully saturated rings. The molecule has 0 saturated carbocycles. The van der Waals surface area contributed by atoms with Crippen LogP contribution in [0.2, 0.25) is 0 Å². The van der Waals surface area contributed by atoms with Crippen molar-refractivity contribution in [1.29, 1.82) is 0 Å². The van der Waals surface area contributed by atoms with Crippen LogP contribution in [0, 0.1) is 12.7 Å². The predicted molar refractivity (Wildman–Crippen MR) is 63.0 cm³/mol. The molecule has 0 heterocycles. The molecule has 0 aromatic heterocycles. The second kappa shape index (κ2) is 5.96. The van der Waals surface area contributed by atoms with E-state index >= 15 is 0 Å². The zero-order valence-electron chi connectivity index (χ0n) is 9.14. The molecule has 0 aliphatic heterocycles. The number of methoxy groups -OCH3 is 1. The van der Waals surface area contributed by atoms with Crippen molar-refractivity contribution in [3.63, 3.8) is 0 Å². The molecule has 0 aliphatic rings. The molecule has 3 nitrogen and oxygen atoms in total. The van der Waals surface area contributed by atoms with E-state index in [1.165, 1.54) is 6.07 Å². The van der Waals surface area contributed by atoms with Gasteiger partial charge in [0.1, 0.15) is 5.82 Å². The van der Waals surface area contributed by atoms with E-state index in [4.69, 9.17) is 4.74 Å². The van der Waals surface area contributed by atoms with Crippen molar-refractivity contribution >= 4 is 21.8 Å². The van der Waals surface area contributed by atoms with E-state index in [-0.39, 0.29) is 5.91 Å². The largest absolute Gasteiger partial charge is 0.383 e. The lowest BCUT2D eigenvalue weighted by Gasteiger charge is -2.07. The number of ether oxygens (including phenoxy) is 1. The summed E-state index contributed by atoms with van der Waals surface area (Å²) in [7, 11) is 1.55. The first-order valence-electron chi connectivity index (χ1n) is 4.79. The number of benzene rings is 1. The third-order valence-corrected chi connectivity index (χ3v) is 2.96. The lowest BCUT2D eigenvalue weighted by atomic mass is 10.1. The van der Waals surface area contributed by atoms with Gasteiger partial charge in [-0.15, -0.1) is 0 Å². The van der Waals surface area contributed by atoms with Crippen LogP contribution in [0.4, 0.5) is 4.39 Å². The molecule has 0 atom stereocenters. The van der Waals surface area contributed by atoms with E-state index in [9.17, 15) is 9.18 Å². The van der Waals surface area contributed by atoms with Gasteiger partial charge in [-0.1, -0.05) is 15.9 Å². The average Bonchev–Trinajstić information content (AvgIpc) is 2.25. The Balaban J connectivity index is 2.76. The molecule has 1 N–H and O–H groups in total. The fourth-order valence-electron chi connectivity index (χ4n) is 1.15. The second-order valence-electron chi connectivity index (χ2n) is 3.31. The van der Waals surface area contributed by atoms with Gasteiger partial charge in [0, 0.05) is 23.7 Å². The summed E-state index contributed by atoms with van der Waals surface area (Å²) in [6.07, 6.45) is 0. The van der Waals surface area contributed by atoms with E-state index < -0.39 is 5.82 Å². The lowest BCUT2D eigenvalue weighted by Crippen LogP contribution is -2.27. The number of halogens is 2. The third-order valence-electron chi connectivity index (χ3n) is 2.13. The topological polar surface area (TPSA) is 38.3 Å². The molecule has 1 aromatic carbocycles. The van der Waals surface area contributed by atoms with Gasteiger partial charge in [-0.05, 0) is 24.6 Å². The highest BCUT2D eigenvalue weighted by molar-refractivity contribution is 9.10. The SMILES string of the molecule is COCCNC(=O)c1cc(F)c(C)c(Br)c1. The summed E-state index contributed by atoms with van der Waals surface area (Å²) in [4.78, 5) is 11.6. The van der Waals surface area contributed by atoms with Crippen LogP contribution in [0.1, 0.15) is 15.9 Å². The fourth-order valence-corrected chi connectivity index (χ4v) is 1.58.